The highest BCUT2D eigenvalue weighted by Crippen LogP contribution is 2.40. The van der Waals surface area contributed by atoms with Gasteiger partial charge in [0.15, 0.2) is 0 Å². The fourth-order valence-corrected chi connectivity index (χ4v) is 5.80. The summed E-state index contributed by atoms with van der Waals surface area (Å²) in [7, 11) is -0.945. The Bertz CT molecular complexity index is 661. The van der Waals surface area contributed by atoms with Crippen molar-refractivity contribution in [3.8, 4) is 0 Å². The monoisotopic (exact) mass is 354 g/mol. The van der Waals surface area contributed by atoms with E-state index < -0.39 is 10.0 Å². The summed E-state index contributed by atoms with van der Waals surface area (Å²) in [5.41, 5.74) is -0.141. The highest BCUT2D eigenvalue weighted by atomic mass is 32.2. The van der Waals surface area contributed by atoms with Crippen molar-refractivity contribution in [2.45, 2.75) is 55.5 Å². The Labute approximate surface area is 143 Å². The van der Waals surface area contributed by atoms with Crippen LogP contribution < -0.4 is 0 Å². The van der Waals surface area contributed by atoms with E-state index in [0.717, 1.165) is 44.4 Å². The summed E-state index contributed by atoms with van der Waals surface area (Å²) >= 11 is 0. The van der Waals surface area contributed by atoms with Crippen LogP contribution in [0.3, 0.4) is 0 Å². The lowest BCUT2D eigenvalue weighted by atomic mass is 9.88. The maximum atomic E-state index is 12.4. The molecule has 3 aliphatic rings. The van der Waals surface area contributed by atoms with Crippen LogP contribution in [0.5, 0.6) is 0 Å². The maximum absolute atomic E-state index is 12.4. The molecule has 6 nitrogen and oxygen atoms in total. The minimum absolute atomic E-state index is 0.108. The molecule has 3 heterocycles. The predicted octanol–water partition coefficient (Wildman–Crippen LogP) is 1.83. The minimum Gasteiger partial charge on any atom is -0.468 e. The third-order valence-electron chi connectivity index (χ3n) is 5.74. The fourth-order valence-electron chi connectivity index (χ4n) is 3.95. The van der Waals surface area contributed by atoms with Crippen LogP contribution in [-0.4, -0.2) is 61.3 Å². The summed E-state index contributed by atoms with van der Waals surface area (Å²) in [6.07, 6.45) is 5.96. The van der Waals surface area contributed by atoms with Crippen LogP contribution in [0, 0.1) is 0 Å². The molecule has 1 spiro atoms. The van der Waals surface area contributed by atoms with Gasteiger partial charge in [0, 0.05) is 19.1 Å². The Morgan fingerprint density at radius 3 is 2.71 bits per heavy atom. The molecule has 0 bridgehead atoms. The number of hydrogen-bond donors (Lipinski definition) is 0. The van der Waals surface area contributed by atoms with Crippen molar-refractivity contribution in [1.82, 2.24) is 9.21 Å². The van der Waals surface area contributed by atoms with Crippen LogP contribution in [0.4, 0.5) is 0 Å². The minimum atomic E-state index is -3.04. The number of piperidine rings is 1. The van der Waals surface area contributed by atoms with Crippen molar-refractivity contribution in [1.29, 1.82) is 0 Å². The zero-order valence-corrected chi connectivity index (χ0v) is 15.0. The Hall–Kier alpha value is -0.890. The molecular formula is C17H26N2O4S. The summed E-state index contributed by atoms with van der Waals surface area (Å²) in [5.74, 6) is 0.962. The third kappa shape index (κ3) is 3.14. The smallest absolute Gasteiger partial charge is 0.216 e. The first kappa shape index (κ1) is 16.6. The molecule has 0 N–H and O–H groups in total. The van der Waals surface area contributed by atoms with Crippen LogP contribution in [-0.2, 0) is 21.3 Å². The number of furan rings is 1. The van der Waals surface area contributed by atoms with Gasteiger partial charge >= 0.3 is 0 Å². The lowest BCUT2D eigenvalue weighted by molar-refractivity contribution is -0.0317. The van der Waals surface area contributed by atoms with Crippen molar-refractivity contribution in [3.63, 3.8) is 0 Å². The second kappa shape index (κ2) is 6.12. The van der Waals surface area contributed by atoms with Gasteiger partial charge in [-0.25, -0.2) is 12.7 Å². The van der Waals surface area contributed by atoms with Crippen molar-refractivity contribution in [3.05, 3.63) is 24.2 Å². The molecule has 2 saturated heterocycles. The quantitative estimate of drug-likeness (QED) is 0.807. The molecule has 1 saturated carbocycles. The number of sulfonamides is 1. The van der Waals surface area contributed by atoms with E-state index in [0.29, 0.717) is 25.7 Å². The number of rotatable bonds is 5. The zero-order valence-electron chi connectivity index (χ0n) is 14.2. The van der Waals surface area contributed by atoms with Gasteiger partial charge in [-0.3, -0.25) is 4.90 Å². The first-order chi connectivity index (χ1) is 11.5. The molecule has 1 atom stereocenters. The van der Waals surface area contributed by atoms with Crippen LogP contribution in [0.1, 0.15) is 37.9 Å². The van der Waals surface area contributed by atoms with Gasteiger partial charge in [0.05, 0.1) is 30.3 Å². The molecule has 24 heavy (non-hydrogen) atoms. The van der Waals surface area contributed by atoms with Crippen molar-refractivity contribution in [2.24, 2.45) is 0 Å². The SMILES string of the molecule is CN(Cc1ccco1)[C@H]1COC2(CCN(S(=O)(=O)C3CC3)CC2)C1. The van der Waals surface area contributed by atoms with E-state index in [9.17, 15) is 8.42 Å². The highest BCUT2D eigenvalue weighted by Gasteiger charge is 2.48. The highest BCUT2D eigenvalue weighted by molar-refractivity contribution is 7.90. The lowest BCUT2D eigenvalue weighted by Crippen LogP contribution is -2.47. The summed E-state index contributed by atoms with van der Waals surface area (Å²) in [6, 6.07) is 4.26. The van der Waals surface area contributed by atoms with E-state index in [1.807, 2.05) is 12.1 Å². The van der Waals surface area contributed by atoms with Gasteiger partial charge in [-0.2, -0.15) is 0 Å². The van der Waals surface area contributed by atoms with Crippen molar-refractivity contribution >= 4 is 10.0 Å². The van der Waals surface area contributed by atoms with Gasteiger partial charge in [0.1, 0.15) is 5.76 Å². The van der Waals surface area contributed by atoms with Crippen LogP contribution >= 0.6 is 0 Å². The largest absolute Gasteiger partial charge is 0.468 e. The number of likely N-dealkylation sites (N-methyl/N-ethyl adjacent to an activating group) is 1. The van der Waals surface area contributed by atoms with Gasteiger partial charge in [-0.15, -0.1) is 0 Å². The number of hydrogen-bond acceptors (Lipinski definition) is 5. The predicted molar refractivity (Wildman–Crippen MR) is 90.0 cm³/mol. The van der Waals surface area contributed by atoms with Crippen LogP contribution in [0.2, 0.25) is 0 Å². The van der Waals surface area contributed by atoms with Gasteiger partial charge in [0.2, 0.25) is 10.0 Å². The molecule has 1 aliphatic carbocycles. The molecule has 2 aliphatic heterocycles. The van der Waals surface area contributed by atoms with E-state index >= 15 is 0 Å². The van der Waals surface area contributed by atoms with E-state index in [4.69, 9.17) is 9.15 Å². The Morgan fingerprint density at radius 2 is 2.08 bits per heavy atom. The number of nitrogens with zero attached hydrogens (tertiary/aromatic N) is 2. The number of ether oxygens (including phenoxy) is 1. The van der Waals surface area contributed by atoms with E-state index in [2.05, 4.69) is 11.9 Å². The maximum Gasteiger partial charge on any atom is 0.216 e. The van der Waals surface area contributed by atoms with E-state index in [1.54, 1.807) is 10.6 Å². The Balaban J connectivity index is 1.33. The van der Waals surface area contributed by atoms with Crippen LogP contribution in [0.25, 0.3) is 0 Å². The fraction of sp³-hybridized carbons (Fsp3) is 0.765. The Morgan fingerprint density at radius 1 is 1.33 bits per heavy atom. The summed E-state index contributed by atoms with van der Waals surface area (Å²) in [5, 5.41) is -0.108. The van der Waals surface area contributed by atoms with E-state index in [1.165, 1.54) is 0 Å². The summed E-state index contributed by atoms with van der Waals surface area (Å²) in [4.78, 5) is 2.28. The Kier molecular flexibility index (Phi) is 4.23. The first-order valence-corrected chi connectivity index (χ1v) is 10.3. The molecule has 0 radical (unpaired) electrons. The molecule has 0 aromatic carbocycles. The lowest BCUT2D eigenvalue weighted by Gasteiger charge is -2.38. The summed E-state index contributed by atoms with van der Waals surface area (Å²) < 4.78 is 38.0. The molecule has 3 fully saturated rings. The molecule has 0 unspecified atom stereocenters. The van der Waals surface area contributed by atoms with Crippen molar-refractivity contribution in [2.75, 3.05) is 26.7 Å². The van der Waals surface area contributed by atoms with Gasteiger partial charge in [0.25, 0.3) is 0 Å². The average molecular weight is 354 g/mol. The third-order valence-corrected chi connectivity index (χ3v) is 8.14. The topological polar surface area (TPSA) is 63.0 Å². The van der Waals surface area contributed by atoms with Gasteiger partial charge in [-0.05, 0) is 51.3 Å². The zero-order chi connectivity index (χ0) is 16.8. The molecule has 134 valence electrons. The molecule has 7 heteroatoms. The van der Waals surface area contributed by atoms with Gasteiger partial charge in [-0.1, -0.05) is 0 Å². The standard InChI is InChI=1S/C17H26N2O4S/c1-18(12-15-3-2-10-22-15)14-11-17(23-13-14)6-8-19(9-7-17)24(20,21)16-4-5-16/h2-3,10,14,16H,4-9,11-13H2,1H3/t14-/m1/s1. The first-order valence-electron chi connectivity index (χ1n) is 8.84. The summed E-state index contributed by atoms with van der Waals surface area (Å²) in [6.45, 7) is 2.70. The molecular weight excluding hydrogens is 328 g/mol. The average Bonchev–Trinajstić information content (AvgIpc) is 3.18. The second-order valence-corrected chi connectivity index (χ2v) is 9.70. The van der Waals surface area contributed by atoms with Crippen LogP contribution in [0.15, 0.2) is 22.8 Å². The van der Waals surface area contributed by atoms with Gasteiger partial charge < -0.3 is 9.15 Å². The molecule has 1 aromatic heterocycles. The molecule has 4 rings (SSSR count). The normalized spacial score (nSPS) is 28.0. The van der Waals surface area contributed by atoms with Crippen molar-refractivity contribution < 1.29 is 17.6 Å². The van der Waals surface area contributed by atoms with E-state index in [-0.39, 0.29) is 10.9 Å². The second-order valence-electron chi connectivity index (χ2n) is 7.49. The molecule has 1 aromatic rings. The molecule has 0 amide bonds.